The second-order valence-electron chi connectivity index (χ2n) is 8.32. The molecular weight excluding hydrogens is 414 g/mol. The molecule has 2 amide bonds. The maximum atomic E-state index is 13.4. The van der Waals surface area contributed by atoms with Crippen molar-refractivity contribution in [2.45, 2.75) is 39.2 Å². The zero-order valence-electron chi connectivity index (χ0n) is 19.8. The number of para-hydroxylation sites is 1. The summed E-state index contributed by atoms with van der Waals surface area (Å²) in [4.78, 5) is 32.9. The van der Waals surface area contributed by atoms with E-state index in [0.29, 0.717) is 39.1 Å². The average molecular weight is 450 g/mol. The molecule has 176 valence electrons. The van der Waals surface area contributed by atoms with Crippen LogP contribution in [0.5, 0.6) is 0 Å². The summed E-state index contributed by atoms with van der Waals surface area (Å²) in [5.74, 6) is -0.00110. The standard InChI is InChI=1S/C27H35N3O3/c1-3-10-26(31)29(16-9-18-33-2)21-27(32)30(20-22-11-5-4-6-12-22)17-15-23-19-28-25-14-8-7-13-24(23)25/h4-8,11-14,19,28H,3,9-10,15-18,20-21H2,1-2H3. The van der Waals surface area contributed by atoms with Gasteiger partial charge < -0.3 is 19.5 Å². The number of hydrogen-bond acceptors (Lipinski definition) is 3. The summed E-state index contributed by atoms with van der Waals surface area (Å²) in [5.41, 5.74) is 3.37. The lowest BCUT2D eigenvalue weighted by molar-refractivity contribution is -0.141. The van der Waals surface area contributed by atoms with Gasteiger partial charge >= 0.3 is 0 Å². The second-order valence-corrected chi connectivity index (χ2v) is 8.32. The smallest absolute Gasteiger partial charge is 0.242 e. The van der Waals surface area contributed by atoms with Gasteiger partial charge in [0.05, 0.1) is 6.54 Å². The van der Waals surface area contributed by atoms with Gasteiger partial charge in [0.15, 0.2) is 0 Å². The predicted molar refractivity (Wildman–Crippen MR) is 132 cm³/mol. The largest absolute Gasteiger partial charge is 0.385 e. The fourth-order valence-electron chi connectivity index (χ4n) is 4.02. The third-order valence-corrected chi connectivity index (χ3v) is 5.81. The molecule has 0 saturated heterocycles. The van der Waals surface area contributed by atoms with Crippen LogP contribution in [0.4, 0.5) is 0 Å². The summed E-state index contributed by atoms with van der Waals surface area (Å²) in [6, 6.07) is 18.2. The van der Waals surface area contributed by atoms with Gasteiger partial charge in [-0.05, 0) is 36.5 Å². The average Bonchev–Trinajstić information content (AvgIpc) is 3.25. The van der Waals surface area contributed by atoms with Gasteiger partial charge in [0.25, 0.3) is 0 Å². The minimum atomic E-state index is -0.0273. The molecule has 0 aliphatic heterocycles. The summed E-state index contributed by atoms with van der Waals surface area (Å²) < 4.78 is 5.14. The van der Waals surface area contributed by atoms with Crippen molar-refractivity contribution in [3.05, 3.63) is 71.9 Å². The number of amides is 2. The van der Waals surface area contributed by atoms with Crippen LogP contribution in [-0.2, 0) is 27.3 Å². The molecule has 1 N–H and O–H groups in total. The van der Waals surface area contributed by atoms with Crippen LogP contribution >= 0.6 is 0 Å². The van der Waals surface area contributed by atoms with Crippen LogP contribution in [0.3, 0.4) is 0 Å². The molecule has 0 radical (unpaired) electrons. The Morgan fingerprint density at radius 2 is 1.70 bits per heavy atom. The number of fused-ring (bicyclic) bond motifs is 1. The van der Waals surface area contributed by atoms with Gasteiger partial charge in [-0.15, -0.1) is 0 Å². The lowest BCUT2D eigenvalue weighted by Crippen LogP contribution is -2.43. The van der Waals surface area contributed by atoms with E-state index in [-0.39, 0.29) is 18.4 Å². The Kier molecular flexibility index (Phi) is 9.51. The summed E-state index contributed by atoms with van der Waals surface area (Å²) in [6.07, 6.45) is 4.70. The van der Waals surface area contributed by atoms with Gasteiger partial charge in [0, 0.05) is 56.9 Å². The van der Waals surface area contributed by atoms with Crippen molar-refractivity contribution in [2.75, 3.05) is 33.4 Å². The van der Waals surface area contributed by atoms with Gasteiger partial charge in [-0.3, -0.25) is 9.59 Å². The third-order valence-electron chi connectivity index (χ3n) is 5.81. The summed E-state index contributed by atoms with van der Waals surface area (Å²) in [5, 5.41) is 1.18. The molecule has 0 aliphatic rings. The molecule has 0 atom stereocenters. The first-order valence-electron chi connectivity index (χ1n) is 11.8. The van der Waals surface area contributed by atoms with Crippen molar-refractivity contribution in [3.8, 4) is 0 Å². The first-order valence-corrected chi connectivity index (χ1v) is 11.8. The van der Waals surface area contributed by atoms with Crippen molar-refractivity contribution in [3.63, 3.8) is 0 Å². The Labute approximate surface area is 196 Å². The lowest BCUT2D eigenvalue weighted by Gasteiger charge is -2.28. The molecule has 1 heterocycles. The van der Waals surface area contributed by atoms with E-state index in [1.807, 2.05) is 60.5 Å². The number of rotatable bonds is 13. The molecule has 0 fully saturated rings. The first-order chi connectivity index (χ1) is 16.1. The Hall–Kier alpha value is -3.12. The van der Waals surface area contributed by atoms with Gasteiger partial charge in [-0.1, -0.05) is 55.5 Å². The minimum absolute atomic E-state index is 0.0262. The van der Waals surface area contributed by atoms with Crippen LogP contribution in [0, 0.1) is 0 Å². The molecule has 3 aromatic rings. The number of hydrogen-bond donors (Lipinski definition) is 1. The number of ether oxygens (including phenoxy) is 1. The van der Waals surface area contributed by atoms with Crippen molar-refractivity contribution in [1.82, 2.24) is 14.8 Å². The number of carbonyl (C=O) groups is 2. The fourth-order valence-corrected chi connectivity index (χ4v) is 4.02. The van der Waals surface area contributed by atoms with Gasteiger partial charge in [0.1, 0.15) is 0 Å². The highest BCUT2D eigenvalue weighted by atomic mass is 16.5. The van der Waals surface area contributed by atoms with Crippen LogP contribution in [-0.4, -0.2) is 59.9 Å². The number of nitrogens with one attached hydrogen (secondary N) is 1. The number of nitrogens with zero attached hydrogens (tertiary/aromatic N) is 2. The molecule has 6 nitrogen and oxygen atoms in total. The van der Waals surface area contributed by atoms with E-state index in [1.54, 1.807) is 12.0 Å². The zero-order valence-corrected chi connectivity index (χ0v) is 19.8. The molecule has 3 rings (SSSR count). The predicted octanol–water partition coefficient (Wildman–Crippen LogP) is 4.40. The minimum Gasteiger partial charge on any atom is -0.385 e. The van der Waals surface area contributed by atoms with E-state index in [1.165, 1.54) is 10.9 Å². The van der Waals surface area contributed by atoms with Crippen molar-refractivity contribution in [1.29, 1.82) is 0 Å². The van der Waals surface area contributed by atoms with Gasteiger partial charge in [-0.25, -0.2) is 0 Å². The van der Waals surface area contributed by atoms with Crippen molar-refractivity contribution < 1.29 is 14.3 Å². The Balaban J connectivity index is 1.73. The molecule has 0 saturated carbocycles. The SMILES string of the molecule is CCCC(=O)N(CCCOC)CC(=O)N(CCc1c[nH]c2ccccc12)Cc1ccccc1. The fraction of sp³-hybridized carbons (Fsp3) is 0.407. The zero-order chi connectivity index (χ0) is 23.5. The quantitative estimate of drug-likeness (QED) is 0.393. The molecule has 6 heteroatoms. The number of aromatic amines is 1. The summed E-state index contributed by atoms with van der Waals surface area (Å²) in [6.45, 7) is 4.29. The normalized spacial score (nSPS) is 11.0. The van der Waals surface area contributed by atoms with E-state index in [4.69, 9.17) is 4.74 Å². The second kappa shape index (κ2) is 12.8. The number of H-pyrrole nitrogens is 1. The number of methoxy groups -OCH3 is 1. The Morgan fingerprint density at radius 1 is 0.939 bits per heavy atom. The van der Waals surface area contributed by atoms with E-state index in [9.17, 15) is 9.59 Å². The molecule has 2 aromatic carbocycles. The van der Waals surface area contributed by atoms with Crippen LogP contribution < -0.4 is 0 Å². The molecule has 0 bridgehead atoms. The number of carbonyl (C=O) groups excluding carboxylic acids is 2. The van der Waals surface area contributed by atoms with Crippen LogP contribution in [0.2, 0.25) is 0 Å². The van der Waals surface area contributed by atoms with Crippen LogP contribution in [0.1, 0.15) is 37.3 Å². The van der Waals surface area contributed by atoms with Crippen LogP contribution in [0.15, 0.2) is 60.8 Å². The topological polar surface area (TPSA) is 65.6 Å². The van der Waals surface area contributed by atoms with Crippen LogP contribution in [0.25, 0.3) is 10.9 Å². The molecular formula is C27H35N3O3. The first kappa shape index (κ1) is 24.5. The molecule has 0 aliphatic carbocycles. The molecule has 1 aromatic heterocycles. The number of aromatic nitrogens is 1. The van der Waals surface area contributed by atoms with Crippen molar-refractivity contribution >= 4 is 22.7 Å². The van der Waals surface area contributed by atoms with Gasteiger partial charge in [0.2, 0.25) is 11.8 Å². The third kappa shape index (κ3) is 7.19. The maximum absolute atomic E-state index is 13.4. The summed E-state index contributed by atoms with van der Waals surface area (Å²) >= 11 is 0. The van der Waals surface area contributed by atoms with E-state index >= 15 is 0 Å². The van der Waals surface area contributed by atoms with E-state index < -0.39 is 0 Å². The monoisotopic (exact) mass is 449 g/mol. The Morgan fingerprint density at radius 3 is 2.45 bits per heavy atom. The highest BCUT2D eigenvalue weighted by molar-refractivity contribution is 5.85. The van der Waals surface area contributed by atoms with E-state index in [0.717, 1.165) is 23.9 Å². The maximum Gasteiger partial charge on any atom is 0.242 e. The molecule has 0 spiro atoms. The number of benzene rings is 2. The molecule has 0 unspecified atom stereocenters. The van der Waals surface area contributed by atoms with Crippen molar-refractivity contribution in [2.24, 2.45) is 0 Å². The van der Waals surface area contributed by atoms with E-state index in [2.05, 4.69) is 17.1 Å². The van der Waals surface area contributed by atoms with Gasteiger partial charge in [-0.2, -0.15) is 0 Å². The molecule has 33 heavy (non-hydrogen) atoms. The summed E-state index contributed by atoms with van der Waals surface area (Å²) in [7, 11) is 1.65. The lowest BCUT2D eigenvalue weighted by atomic mass is 10.1. The Bertz CT molecular complexity index is 1020. The highest BCUT2D eigenvalue weighted by Crippen LogP contribution is 2.19. The highest BCUT2D eigenvalue weighted by Gasteiger charge is 2.21.